The van der Waals surface area contributed by atoms with E-state index >= 15 is 0 Å². The van der Waals surface area contributed by atoms with Crippen molar-refractivity contribution >= 4 is 19.7 Å². The Morgan fingerprint density at radius 1 is 0.571 bits per heavy atom. The summed E-state index contributed by atoms with van der Waals surface area (Å²) >= 11 is 0. The molecular formula is C46H84NO8P. The highest BCUT2D eigenvalue weighted by atomic mass is 31.2. The maximum absolute atomic E-state index is 12.1. The van der Waals surface area contributed by atoms with Crippen LogP contribution >= 0.6 is 7.82 Å². The zero-order chi connectivity index (χ0) is 41.1. The molecule has 9 nitrogen and oxygen atoms in total. The van der Waals surface area contributed by atoms with Crippen molar-refractivity contribution in [2.45, 2.75) is 206 Å². The van der Waals surface area contributed by atoms with E-state index in [9.17, 15) is 24.2 Å². The third kappa shape index (κ3) is 43.1. The second kappa shape index (κ2) is 42.6. The Hall–Kier alpha value is -2.03. The molecule has 0 aliphatic heterocycles. The maximum Gasteiger partial charge on any atom is 0.472 e. The number of phosphoric ester groups is 1. The van der Waals surface area contributed by atoms with Crippen LogP contribution in [0.2, 0.25) is 0 Å². The molecule has 1 amide bonds. The molecule has 0 aromatic rings. The van der Waals surface area contributed by atoms with Crippen LogP contribution in [0, 0.1) is 0 Å². The number of aliphatic hydroxyl groups excluding tert-OH is 1. The van der Waals surface area contributed by atoms with E-state index < -0.39 is 26.5 Å². The van der Waals surface area contributed by atoms with Crippen molar-refractivity contribution in [3.05, 3.63) is 48.6 Å². The highest BCUT2D eigenvalue weighted by Crippen LogP contribution is 2.42. The number of phosphoric acid groups is 1. The van der Waals surface area contributed by atoms with Crippen molar-refractivity contribution in [1.82, 2.24) is 5.32 Å². The maximum atomic E-state index is 12.1. The summed E-state index contributed by atoms with van der Waals surface area (Å²) in [4.78, 5) is 33.9. The van der Waals surface area contributed by atoms with E-state index in [2.05, 4.69) is 67.8 Å². The number of ether oxygens (including phenoxy) is 1. The number of unbranched alkanes of at least 4 members (excludes halogenated alkanes) is 21. The number of amides is 1. The SMILES string of the molecule is CC/C=C\C/C=C\C/C=C\C/C=C\CCCCC(=O)NCCOP(=O)(O)OCC(O)COC(=O)CCCCCCCCCCCCCCCCCCCCCC. The Labute approximate surface area is 343 Å². The Balaban J connectivity index is 3.61. The number of nitrogens with one attached hydrogen (secondary N) is 1. The number of rotatable bonds is 42. The summed E-state index contributed by atoms with van der Waals surface area (Å²) in [6.45, 7) is 3.40. The van der Waals surface area contributed by atoms with Crippen LogP contribution in [0.1, 0.15) is 200 Å². The third-order valence-corrected chi connectivity index (χ3v) is 10.5. The van der Waals surface area contributed by atoms with Gasteiger partial charge in [-0.15, -0.1) is 0 Å². The molecule has 56 heavy (non-hydrogen) atoms. The standard InChI is InChI=1S/C46H84NO8P/c1-3-5-7-9-11-13-15-17-19-20-21-22-23-25-27-29-31-33-35-37-39-46(50)53-42-44(48)43-55-56(51,52)54-41-40-47-45(49)38-36-34-32-30-28-26-24-18-16-14-12-10-8-6-4-2/h6,8,12,14,18,24,28,30,44,48H,3-5,7,9-11,13,15-17,19-23,25-27,29,31-43H2,1-2H3,(H,47,49)(H,51,52)/b8-6-,14-12-,24-18-,30-28-. The molecule has 2 unspecified atom stereocenters. The van der Waals surface area contributed by atoms with Gasteiger partial charge in [0.25, 0.3) is 0 Å². The van der Waals surface area contributed by atoms with Crippen LogP contribution in [0.25, 0.3) is 0 Å². The summed E-state index contributed by atoms with van der Waals surface area (Å²) < 4.78 is 26.9. The van der Waals surface area contributed by atoms with Gasteiger partial charge in [0.2, 0.25) is 5.91 Å². The lowest BCUT2D eigenvalue weighted by Crippen LogP contribution is -2.27. The lowest BCUT2D eigenvalue weighted by molar-refractivity contribution is -0.147. The molecule has 0 saturated carbocycles. The number of carbonyl (C=O) groups is 2. The fraction of sp³-hybridized carbons (Fsp3) is 0.783. The number of hydrogen-bond donors (Lipinski definition) is 3. The van der Waals surface area contributed by atoms with Gasteiger partial charge in [-0.3, -0.25) is 18.6 Å². The molecular weight excluding hydrogens is 725 g/mol. The summed E-state index contributed by atoms with van der Waals surface area (Å²) in [5, 5.41) is 12.7. The van der Waals surface area contributed by atoms with Crippen molar-refractivity contribution in [1.29, 1.82) is 0 Å². The molecule has 0 bridgehead atoms. The minimum atomic E-state index is -4.43. The second-order valence-corrected chi connectivity index (χ2v) is 16.5. The normalized spacial score (nSPS) is 13.7. The molecule has 0 heterocycles. The van der Waals surface area contributed by atoms with Crippen LogP contribution in [0.4, 0.5) is 0 Å². The minimum Gasteiger partial charge on any atom is -0.463 e. The van der Waals surface area contributed by atoms with E-state index in [1.807, 2.05) is 0 Å². The largest absolute Gasteiger partial charge is 0.472 e. The second-order valence-electron chi connectivity index (χ2n) is 15.0. The Bertz CT molecular complexity index is 1060. The molecule has 10 heteroatoms. The summed E-state index contributed by atoms with van der Waals surface area (Å²) in [6, 6.07) is 0. The van der Waals surface area contributed by atoms with Crippen LogP contribution in [-0.2, 0) is 27.9 Å². The number of hydrogen-bond acceptors (Lipinski definition) is 7. The van der Waals surface area contributed by atoms with Crippen LogP contribution in [0.15, 0.2) is 48.6 Å². The molecule has 326 valence electrons. The average molecular weight is 810 g/mol. The third-order valence-electron chi connectivity index (χ3n) is 9.52. The van der Waals surface area contributed by atoms with Gasteiger partial charge in [-0.2, -0.15) is 0 Å². The number of aliphatic hydroxyl groups is 1. The van der Waals surface area contributed by atoms with Gasteiger partial charge in [0.15, 0.2) is 0 Å². The van der Waals surface area contributed by atoms with E-state index in [1.165, 1.54) is 109 Å². The molecule has 0 rings (SSSR count). The first-order chi connectivity index (χ1) is 27.3. The van der Waals surface area contributed by atoms with Crippen molar-refractivity contribution in [2.75, 3.05) is 26.4 Å². The first-order valence-electron chi connectivity index (χ1n) is 22.6. The fourth-order valence-corrected chi connectivity index (χ4v) is 6.89. The Morgan fingerprint density at radius 3 is 1.52 bits per heavy atom. The van der Waals surface area contributed by atoms with E-state index in [0.717, 1.165) is 64.2 Å². The van der Waals surface area contributed by atoms with E-state index in [4.69, 9.17) is 13.8 Å². The Kier molecular flexibility index (Phi) is 41.0. The first-order valence-corrected chi connectivity index (χ1v) is 24.1. The number of carbonyl (C=O) groups excluding carboxylic acids is 2. The summed E-state index contributed by atoms with van der Waals surface area (Å²) in [5.41, 5.74) is 0. The first kappa shape index (κ1) is 54.0. The molecule has 0 aliphatic carbocycles. The monoisotopic (exact) mass is 810 g/mol. The predicted octanol–water partition coefficient (Wildman–Crippen LogP) is 12.7. The molecule has 0 radical (unpaired) electrons. The van der Waals surface area contributed by atoms with Crippen LogP contribution in [0.3, 0.4) is 0 Å². The average Bonchev–Trinajstić information content (AvgIpc) is 3.18. The smallest absolute Gasteiger partial charge is 0.463 e. The molecule has 0 aromatic heterocycles. The zero-order valence-corrected chi connectivity index (χ0v) is 36.7. The summed E-state index contributed by atoms with van der Waals surface area (Å²) in [5.74, 6) is -0.555. The van der Waals surface area contributed by atoms with Gasteiger partial charge in [0.05, 0.1) is 13.2 Å². The molecule has 0 saturated heterocycles. The van der Waals surface area contributed by atoms with E-state index in [0.29, 0.717) is 6.42 Å². The van der Waals surface area contributed by atoms with Gasteiger partial charge in [0, 0.05) is 19.4 Å². The topological polar surface area (TPSA) is 131 Å². The lowest BCUT2D eigenvalue weighted by atomic mass is 10.0. The Morgan fingerprint density at radius 2 is 1.02 bits per heavy atom. The van der Waals surface area contributed by atoms with Gasteiger partial charge in [-0.05, 0) is 51.4 Å². The highest BCUT2D eigenvalue weighted by molar-refractivity contribution is 7.47. The van der Waals surface area contributed by atoms with Gasteiger partial charge in [-0.1, -0.05) is 184 Å². The van der Waals surface area contributed by atoms with Gasteiger partial charge < -0.3 is 20.1 Å². The van der Waals surface area contributed by atoms with Gasteiger partial charge >= 0.3 is 13.8 Å². The van der Waals surface area contributed by atoms with Crippen molar-refractivity contribution in [2.24, 2.45) is 0 Å². The van der Waals surface area contributed by atoms with Gasteiger partial charge in [0.1, 0.15) is 12.7 Å². The van der Waals surface area contributed by atoms with Crippen LogP contribution in [-0.4, -0.2) is 54.3 Å². The molecule has 0 fully saturated rings. The van der Waals surface area contributed by atoms with Crippen LogP contribution in [0.5, 0.6) is 0 Å². The molecule has 0 aliphatic rings. The van der Waals surface area contributed by atoms with Crippen molar-refractivity contribution in [3.8, 4) is 0 Å². The van der Waals surface area contributed by atoms with Crippen molar-refractivity contribution in [3.63, 3.8) is 0 Å². The van der Waals surface area contributed by atoms with E-state index in [-0.39, 0.29) is 32.1 Å². The predicted molar refractivity (Wildman–Crippen MR) is 234 cm³/mol. The number of allylic oxidation sites excluding steroid dienone is 8. The summed E-state index contributed by atoms with van der Waals surface area (Å²) in [6.07, 6.45) is 49.1. The fourth-order valence-electron chi connectivity index (χ4n) is 6.14. The van der Waals surface area contributed by atoms with Crippen LogP contribution < -0.4 is 5.32 Å². The van der Waals surface area contributed by atoms with Gasteiger partial charge in [-0.25, -0.2) is 4.57 Å². The summed E-state index contributed by atoms with van der Waals surface area (Å²) in [7, 11) is -4.43. The molecule has 3 N–H and O–H groups in total. The number of esters is 1. The lowest BCUT2D eigenvalue weighted by Gasteiger charge is -2.15. The molecule has 0 aromatic carbocycles. The molecule has 0 spiro atoms. The zero-order valence-electron chi connectivity index (χ0n) is 35.8. The van der Waals surface area contributed by atoms with E-state index in [1.54, 1.807) is 0 Å². The molecule has 2 atom stereocenters. The quantitative estimate of drug-likeness (QED) is 0.0240. The highest BCUT2D eigenvalue weighted by Gasteiger charge is 2.23. The minimum absolute atomic E-state index is 0.0588. The van der Waals surface area contributed by atoms with Crippen molar-refractivity contribution < 1.29 is 37.9 Å².